The largest absolute Gasteiger partial charge is 0.378 e. The first kappa shape index (κ1) is 16.9. The summed E-state index contributed by atoms with van der Waals surface area (Å²) in [5.41, 5.74) is 2.04. The third-order valence-electron chi connectivity index (χ3n) is 4.86. The van der Waals surface area contributed by atoms with Crippen molar-refractivity contribution in [2.24, 2.45) is 0 Å². The molecule has 2 fully saturated rings. The highest BCUT2D eigenvalue weighted by Gasteiger charge is 2.49. The van der Waals surface area contributed by atoms with E-state index in [9.17, 15) is 4.79 Å². The number of rotatable bonds is 4. The second kappa shape index (κ2) is 6.65. The molecule has 0 radical (unpaired) electrons. The summed E-state index contributed by atoms with van der Waals surface area (Å²) >= 11 is 0. The summed E-state index contributed by atoms with van der Waals surface area (Å²) in [5, 5.41) is 15.1. The summed E-state index contributed by atoms with van der Waals surface area (Å²) in [5.74, 6) is 0.589. The molecule has 0 bridgehead atoms. The van der Waals surface area contributed by atoms with E-state index in [1.54, 1.807) is 4.68 Å². The molecule has 4 rings (SSSR count). The van der Waals surface area contributed by atoms with Crippen LogP contribution in [0.3, 0.4) is 0 Å². The molecule has 1 N–H and O–H groups in total. The fraction of sp³-hybridized carbons (Fsp3) is 0.529. The number of amides is 1. The molecule has 0 aliphatic carbocycles. The van der Waals surface area contributed by atoms with Crippen LogP contribution in [0, 0.1) is 0 Å². The third-order valence-corrected chi connectivity index (χ3v) is 4.86. The molecule has 2 aliphatic heterocycles. The number of aromatic nitrogens is 4. The molecule has 0 unspecified atom stereocenters. The molecule has 2 aliphatic rings. The zero-order valence-electron chi connectivity index (χ0n) is 15.0. The van der Waals surface area contributed by atoms with E-state index in [4.69, 9.17) is 9.47 Å². The van der Waals surface area contributed by atoms with E-state index >= 15 is 0 Å². The van der Waals surface area contributed by atoms with E-state index in [1.807, 2.05) is 43.3 Å². The number of hydrogen-bond acceptors (Lipinski definition) is 7. The average molecular weight is 358 g/mol. The summed E-state index contributed by atoms with van der Waals surface area (Å²) < 4.78 is 13.6. The molecule has 2 saturated heterocycles. The van der Waals surface area contributed by atoms with E-state index in [0.29, 0.717) is 19.0 Å². The molecule has 4 atom stereocenters. The lowest BCUT2D eigenvalue weighted by Gasteiger charge is -2.18. The maximum absolute atomic E-state index is 11.3. The van der Waals surface area contributed by atoms with E-state index < -0.39 is 0 Å². The van der Waals surface area contributed by atoms with Crippen molar-refractivity contribution in [3.63, 3.8) is 0 Å². The van der Waals surface area contributed by atoms with Crippen LogP contribution in [0.25, 0.3) is 11.4 Å². The van der Waals surface area contributed by atoms with E-state index in [2.05, 4.69) is 20.8 Å². The van der Waals surface area contributed by atoms with Gasteiger partial charge in [0.15, 0.2) is 5.82 Å². The van der Waals surface area contributed by atoms with E-state index in [1.165, 1.54) is 6.92 Å². The second-order valence-electron chi connectivity index (χ2n) is 6.86. The minimum absolute atomic E-state index is 0.0876. The summed E-state index contributed by atoms with van der Waals surface area (Å²) in [6, 6.07) is 7.79. The van der Waals surface area contributed by atoms with Crippen LogP contribution in [-0.2, 0) is 14.3 Å². The fourth-order valence-electron chi connectivity index (χ4n) is 3.59. The molecule has 138 valence electrons. The SMILES string of the molecule is CC(=O)N[C@H]1CO[C@H]2[C@@H]1OC[C@@H]2n1nnnc1-c1ccc(N(C)C)cc1. The van der Waals surface area contributed by atoms with Gasteiger partial charge in [-0.05, 0) is 34.7 Å². The smallest absolute Gasteiger partial charge is 0.217 e. The topological polar surface area (TPSA) is 94.4 Å². The van der Waals surface area contributed by atoms with Gasteiger partial charge in [0.1, 0.15) is 18.2 Å². The van der Waals surface area contributed by atoms with Crippen LogP contribution in [0.1, 0.15) is 13.0 Å². The molecular weight excluding hydrogens is 336 g/mol. The molecule has 2 aromatic rings. The number of ether oxygens (including phenoxy) is 2. The Balaban J connectivity index is 1.57. The highest BCUT2D eigenvalue weighted by atomic mass is 16.6. The van der Waals surface area contributed by atoms with Gasteiger partial charge in [-0.25, -0.2) is 4.68 Å². The van der Waals surface area contributed by atoms with Crippen molar-refractivity contribution < 1.29 is 14.3 Å². The molecular formula is C17H22N6O3. The summed E-state index contributed by atoms with van der Waals surface area (Å²) in [6.45, 7) is 2.37. The molecule has 9 heteroatoms. The number of benzene rings is 1. The number of tetrazole rings is 1. The van der Waals surface area contributed by atoms with Crippen molar-refractivity contribution in [3.8, 4) is 11.4 Å². The van der Waals surface area contributed by atoms with Crippen LogP contribution in [0.5, 0.6) is 0 Å². The van der Waals surface area contributed by atoms with Gasteiger partial charge in [-0.15, -0.1) is 5.10 Å². The van der Waals surface area contributed by atoms with Crippen LogP contribution in [0.15, 0.2) is 24.3 Å². The molecule has 9 nitrogen and oxygen atoms in total. The number of nitrogens with zero attached hydrogens (tertiary/aromatic N) is 5. The molecule has 0 saturated carbocycles. The maximum Gasteiger partial charge on any atom is 0.217 e. The Kier molecular flexibility index (Phi) is 4.33. The molecule has 3 heterocycles. The number of fused-ring (bicyclic) bond motifs is 1. The average Bonchev–Trinajstić information content (AvgIpc) is 3.31. The normalized spacial score (nSPS) is 27.3. The van der Waals surface area contributed by atoms with Crippen molar-refractivity contribution in [1.29, 1.82) is 0 Å². The minimum atomic E-state index is -0.185. The van der Waals surface area contributed by atoms with Gasteiger partial charge in [-0.2, -0.15) is 0 Å². The Labute approximate surface area is 151 Å². The minimum Gasteiger partial charge on any atom is -0.378 e. The van der Waals surface area contributed by atoms with Crippen molar-refractivity contribution in [2.45, 2.75) is 31.2 Å². The number of nitrogens with one attached hydrogen (secondary N) is 1. The monoisotopic (exact) mass is 358 g/mol. The van der Waals surface area contributed by atoms with Crippen LogP contribution in [0.2, 0.25) is 0 Å². The van der Waals surface area contributed by atoms with Crippen LogP contribution < -0.4 is 10.2 Å². The van der Waals surface area contributed by atoms with Crippen molar-refractivity contribution in [1.82, 2.24) is 25.5 Å². The van der Waals surface area contributed by atoms with Crippen LogP contribution in [-0.4, -0.2) is 71.7 Å². The Morgan fingerprint density at radius 2 is 1.92 bits per heavy atom. The standard InChI is InChI=1S/C17H22N6O3/c1-10(24)18-13-8-25-16-14(9-26-15(13)16)23-17(19-20-21-23)11-4-6-12(7-5-11)22(2)3/h4-7,13-16H,8-9H2,1-3H3,(H,18,24)/t13-,14-,15+,16+/m0/s1. The number of hydrogen-bond donors (Lipinski definition) is 1. The van der Waals surface area contributed by atoms with Crippen molar-refractivity contribution in [3.05, 3.63) is 24.3 Å². The molecule has 26 heavy (non-hydrogen) atoms. The Morgan fingerprint density at radius 1 is 1.19 bits per heavy atom. The van der Waals surface area contributed by atoms with Gasteiger partial charge < -0.3 is 19.7 Å². The predicted molar refractivity (Wildman–Crippen MR) is 93.7 cm³/mol. The highest BCUT2D eigenvalue weighted by Crippen LogP contribution is 2.35. The Hall–Kier alpha value is -2.52. The summed E-state index contributed by atoms with van der Waals surface area (Å²) in [4.78, 5) is 13.4. The number of anilines is 1. The van der Waals surface area contributed by atoms with Gasteiger partial charge in [0.2, 0.25) is 5.91 Å². The highest BCUT2D eigenvalue weighted by molar-refractivity contribution is 5.73. The van der Waals surface area contributed by atoms with Gasteiger partial charge in [-0.3, -0.25) is 4.79 Å². The lowest BCUT2D eigenvalue weighted by molar-refractivity contribution is -0.120. The van der Waals surface area contributed by atoms with Gasteiger partial charge >= 0.3 is 0 Å². The van der Waals surface area contributed by atoms with Crippen molar-refractivity contribution >= 4 is 11.6 Å². The fourth-order valence-corrected chi connectivity index (χ4v) is 3.59. The van der Waals surface area contributed by atoms with Crippen LogP contribution in [0.4, 0.5) is 5.69 Å². The molecule has 0 spiro atoms. The molecule has 1 aromatic carbocycles. The van der Waals surface area contributed by atoms with Crippen molar-refractivity contribution in [2.75, 3.05) is 32.2 Å². The Bertz CT molecular complexity index is 790. The van der Waals surface area contributed by atoms with Gasteiger partial charge in [-0.1, -0.05) is 0 Å². The van der Waals surface area contributed by atoms with Crippen LogP contribution >= 0.6 is 0 Å². The quantitative estimate of drug-likeness (QED) is 0.837. The first-order valence-electron chi connectivity index (χ1n) is 8.60. The lowest BCUT2D eigenvalue weighted by atomic mass is 10.1. The van der Waals surface area contributed by atoms with Gasteiger partial charge in [0.05, 0.1) is 19.3 Å². The maximum atomic E-state index is 11.3. The second-order valence-corrected chi connectivity index (χ2v) is 6.86. The van der Waals surface area contributed by atoms with E-state index in [-0.39, 0.29) is 30.2 Å². The number of carbonyl (C=O) groups is 1. The lowest BCUT2D eigenvalue weighted by Crippen LogP contribution is -2.43. The third kappa shape index (κ3) is 2.93. The van der Waals surface area contributed by atoms with Gasteiger partial charge in [0, 0.05) is 32.3 Å². The van der Waals surface area contributed by atoms with E-state index in [0.717, 1.165) is 11.3 Å². The molecule has 1 amide bonds. The summed E-state index contributed by atoms with van der Waals surface area (Å²) in [7, 11) is 4.00. The zero-order chi connectivity index (χ0) is 18.3. The number of carbonyl (C=O) groups excluding carboxylic acids is 1. The predicted octanol–water partition coefficient (Wildman–Crippen LogP) is 0.250. The van der Waals surface area contributed by atoms with Gasteiger partial charge in [0.25, 0.3) is 0 Å². The summed E-state index contributed by atoms with van der Waals surface area (Å²) in [6.07, 6.45) is -0.368. The molecule has 1 aromatic heterocycles. The first-order chi connectivity index (χ1) is 12.5. The first-order valence-corrected chi connectivity index (χ1v) is 8.60. The Morgan fingerprint density at radius 3 is 2.62 bits per heavy atom. The zero-order valence-corrected chi connectivity index (χ0v) is 15.0.